The summed E-state index contributed by atoms with van der Waals surface area (Å²) in [5, 5.41) is 2.96. The highest BCUT2D eigenvalue weighted by molar-refractivity contribution is 7.89. The molecule has 2 atom stereocenters. The molecule has 0 amide bonds. The van der Waals surface area contributed by atoms with Gasteiger partial charge < -0.3 is 9.73 Å². The van der Waals surface area contributed by atoms with Crippen molar-refractivity contribution in [2.24, 2.45) is 5.92 Å². The largest absolute Gasteiger partial charge is 0.464 e. The van der Waals surface area contributed by atoms with E-state index in [1.54, 1.807) is 20.0 Å². The lowest BCUT2D eigenvalue weighted by Gasteiger charge is -2.29. The van der Waals surface area contributed by atoms with Crippen molar-refractivity contribution >= 4 is 10.0 Å². The summed E-state index contributed by atoms with van der Waals surface area (Å²) in [5.74, 6) is 1.48. The second kappa shape index (κ2) is 6.28. The fourth-order valence-corrected chi connectivity index (χ4v) is 4.39. The van der Waals surface area contributed by atoms with E-state index in [-0.39, 0.29) is 10.9 Å². The molecule has 1 saturated carbocycles. The van der Waals surface area contributed by atoms with Crippen LogP contribution in [0.5, 0.6) is 0 Å². The van der Waals surface area contributed by atoms with Crippen LogP contribution in [0.25, 0.3) is 0 Å². The number of aryl methyl sites for hydroxylation is 1. The lowest BCUT2D eigenvalue weighted by molar-refractivity contribution is 0.310. The molecule has 1 aromatic heterocycles. The van der Waals surface area contributed by atoms with Gasteiger partial charge in [-0.05, 0) is 32.7 Å². The topological polar surface area (TPSA) is 71.3 Å². The third-order valence-corrected chi connectivity index (χ3v) is 5.58. The Morgan fingerprint density at radius 2 is 2.05 bits per heavy atom. The van der Waals surface area contributed by atoms with E-state index in [1.165, 1.54) is 6.42 Å². The smallest absolute Gasteiger partial charge is 0.244 e. The molecule has 5 nitrogen and oxygen atoms in total. The zero-order valence-corrected chi connectivity index (χ0v) is 13.2. The van der Waals surface area contributed by atoms with Crippen LogP contribution in [0.15, 0.2) is 15.4 Å². The maximum atomic E-state index is 12.5. The molecule has 20 heavy (non-hydrogen) atoms. The van der Waals surface area contributed by atoms with Crippen LogP contribution < -0.4 is 10.0 Å². The van der Waals surface area contributed by atoms with Gasteiger partial charge in [0, 0.05) is 12.1 Å². The number of furan rings is 1. The van der Waals surface area contributed by atoms with E-state index in [2.05, 4.69) is 17.0 Å². The highest BCUT2D eigenvalue weighted by atomic mass is 32.2. The number of hydrogen-bond donors (Lipinski definition) is 2. The average Bonchev–Trinajstić information content (AvgIpc) is 2.74. The van der Waals surface area contributed by atoms with Gasteiger partial charge in [-0.1, -0.05) is 19.8 Å². The van der Waals surface area contributed by atoms with Gasteiger partial charge in [0.15, 0.2) is 0 Å². The highest BCUT2D eigenvalue weighted by Crippen LogP contribution is 2.26. The van der Waals surface area contributed by atoms with Gasteiger partial charge in [-0.2, -0.15) is 0 Å². The molecule has 0 saturated heterocycles. The first kappa shape index (κ1) is 15.5. The molecule has 114 valence electrons. The van der Waals surface area contributed by atoms with Gasteiger partial charge in [0.25, 0.3) is 0 Å². The number of sulfonamides is 1. The maximum absolute atomic E-state index is 12.5. The molecule has 2 rings (SSSR count). The minimum Gasteiger partial charge on any atom is -0.464 e. The van der Waals surface area contributed by atoms with Crippen molar-refractivity contribution < 1.29 is 12.8 Å². The van der Waals surface area contributed by atoms with E-state index < -0.39 is 10.0 Å². The molecule has 1 fully saturated rings. The molecule has 0 spiro atoms. The number of nitrogens with one attached hydrogen (secondary N) is 2. The standard InChI is InChI=1S/C14H24N2O3S/c1-10-6-4-5-7-13(10)16-20(17,18)14-8-12(9-15-3)19-11(14)2/h8,10,13,15-16H,4-7,9H2,1-3H3. The monoisotopic (exact) mass is 300 g/mol. The third-order valence-electron chi connectivity index (χ3n) is 3.98. The van der Waals surface area contributed by atoms with Crippen LogP contribution in [0.1, 0.15) is 44.1 Å². The first-order chi connectivity index (χ1) is 9.44. The Morgan fingerprint density at radius 1 is 1.35 bits per heavy atom. The molecule has 1 aliphatic carbocycles. The van der Waals surface area contributed by atoms with Gasteiger partial charge in [0.05, 0.1) is 6.54 Å². The molecule has 0 bridgehead atoms. The molecule has 1 aromatic rings. The molecule has 1 heterocycles. The maximum Gasteiger partial charge on any atom is 0.244 e. The highest BCUT2D eigenvalue weighted by Gasteiger charge is 2.29. The van der Waals surface area contributed by atoms with Crippen molar-refractivity contribution in [3.8, 4) is 0 Å². The Bertz CT molecular complexity index is 551. The van der Waals surface area contributed by atoms with E-state index in [4.69, 9.17) is 4.42 Å². The summed E-state index contributed by atoms with van der Waals surface area (Å²) in [4.78, 5) is 0.264. The minimum atomic E-state index is -3.49. The van der Waals surface area contributed by atoms with Crippen LogP contribution in [0, 0.1) is 12.8 Å². The van der Waals surface area contributed by atoms with E-state index in [0.29, 0.717) is 24.0 Å². The van der Waals surface area contributed by atoms with Gasteiger partial charge >= 0.3 is 0 Å². The van der Waals surface area contributed by atoms with Gasteiger partial charge in [-0.15, -0.1) is 0 Å². The first-order valence-corrected chi connectivity index (χ1v) is 8.68. The lowest BCUT2D eigenvalue weighted by Crippen LogP contribution is -2.41. The van der Waals surface area contributed by atoms with Gasteiger partial charge in [0.1, 0.15) is 16.4 Å². The van der Waals surface area contributed by atoms with Crippen LogP contribution in [-0.4, -0.2) is 21.5 Å². The summed E-state index contributed by atoms with van der Waals surface area (Å²) in [6.45, 7) is 4.33. The third kappa shape index (κ3) is 3.42. The average molecular weight is 300 g/mol. The Labute approximate surface area is 121 Å². The second-order valence-electron chi connectivity index (χ2n) is 5.65. The molecular formula is C14H24N2O3S. The molecule has 0 aliphatic heterocycles. The van der Waals surface area contributed by atoms with Crippen LogP contribution in [-0.2, 0) is 16.6 Å². The van der Waals surface area contributed by atoms with Gasteiger partial charge in [-0.25, -0.2) is 13.1 Å². The van der Waals surface area contributed by atoms with Crippen molar-refractivity contribution in [2.75, 3.05) is 7.05 Å². The van der Waals surface area contributed by atoms with Crippen molar-refractivity contribution in [2.45, 2.75) is 57.0 Å². The molecule has 1 aliphatic rings. The van der Waals surface area contributed by atoms with E-state index in [9.17, 15) is 8.42 Å². The van der Waals surface area contributed by atoms with Crippen molar-refractivity contribution in [1.29, 1.82) is 0 Å². The zero-order chi connectivity index (χ0) is 14.8. The molecule has 6 heteroatoms. The van der Waals surface area contributed by atoms with E-state index in [1.807, 2.05) is 0 Å². The van der Waals surface area contributed by atoms with Crippen molar-refractivity contribution in [3.63, 3.8) is 0 Å². The van der Waals surface area contributed by atoms with Gasteiger partial charge in [0.2, 0.25) is 10.0 Å². The Morgan fingerprint density at radius 3 is 2.70 bits per heavy atom. The quantitative estimate of drug-likeness (QED) is 0.874. The fourth-order valence-electron chi connectivity index (χ4n) is 2.81. The summed E-state index contributed by atoms with van der Waals surface area (Å²) in [5.41, 5.74) is 0. The summed E-state index contributed by atoms with van der Waals surface area (Å²) >= 11 is 0. The number of hydrogen-bond acceptors (Lipinski definition) is 4. The predicted octanol–water partition coefficient (Wildman–Crippen LogP) is 2.16. The normalized spacial score (nSPS) is 23.9. The molecule has 0 radical (unpaired) electrons. The van der Waals surface area contributed by atoms with E-state index in [0.717, 1.165) is 19.3 Å². The Hall–Kier alpha value is -0.850. The van der Waals surface area contributed by atoms with Crippen molar-refractivity contribution in [3.05, 3.63) is 17.6 Å². The summed E-state index contributed by atoms with van der Waals surface area (Å²) in [6.07, 6.45) is 4.28. The van der Waals surface area contributed by atoms with E-state index >= 15 is 0 Å². The second-order valence-corrected chi connectivity index (χ2v) is 7.34. The van der Waals surface area contributed by atoms with Crippen LogP contribution in [0.4, 0.5) is 0 Å². The SMILES string of the molecule is CNCc1cc(S(=O)(=O)NC2CCCCC2C)c(C)o1. The molecular weight excluding hydrogens is 276 g/mol. The molecule has 0 aromatic carbocycles. The summed E-state index contributed by atoms with van der Waals surface area (Å²) < 4.78 is 33.3. The van der Waals surface area contributed by atoms with Crippen LogP contribution >= 0.6 is 0 Å². The van der Waals surface area contributed by atoms with Gasteiger partial charge in [-0.3, -0.25) is 0 Å². The Kier molecular flexibility index (Phi) is 4.88. The summed E-state index contributed by atoms with van der Waals surface area (Å²) in [6, 6.07) is 1.65. The summed E-state index contributed by atoms with van der Waals surface area (Å²) in [7, 11) is -1.69. The Balaban J connectivity index is 2.17. The molecule has 2 N–H and O–H groups in total. The lowest BCUT2D eigenvalue weighted by atomic mass is 9.87. The molecule has 2 unspecified atom stereocenters. The number of rotatable bonds is 5. The minimum absolute atomic E-state index is 0.0378. The van der Waals surface area contributed by atoms with Crippen molar-refractivity contribution in [1.82, 2.24) is 10.0 Å². The van der Waals surface area contributed by atoms with Crippen LogP contribution in [0.2, 0.25) is 0 Å². The van der Waals surface area contributed by atoms with Crippen LogP contribution in [0.3, 0.4) is 0 Å². The fraction of sp³-hybridized carbons (Fsp3) is 0.714. The zero-order valence-electron chi connectivity index (χ0n) is 12.4. The predicted molar refractivity (Wildman–Crippen MR) is 78.0 cm³/mol. The first-order valence-electron chi connectivity index (χ1n) is 7.20.